The van der Waals surface area contributed by atoms with Crippen molar-refractivity contribution >= 4 is 17.5 Å². The average Bonchev–Trinajstić information content (AvgIpc) is 3.44. The summed E-state index contributed by atoms with van der Waals surface area (Å²) in [5.41, 5.74) is 1.93. The highest BCUT2D eigenvalue weighted by molar-refractivity contribution is 5.93. The zero-order chi connectivity index (χ0) is 21.8. The molecule has 160 valence electrons. The van der Waals surface area contributed by atoms with Crippen LogP contribution in [0.25, 0.3) is 11.7 Å². The highest BCUT2D eigenvalue weighted by Gasteiger charge is 2.26. The second-order valence-electron chi connectivity index (χ2n) is 7.28. The number of nitrogens with zero attached hydrogens (tertiary/aromatic N) is 4. The Labute approximate surface area is 179 Å². The lowest BCUT2D eigenvalue weighted by atomic mass is 10.2. The summed E-state index contributed by atoms with van der Waals surface area (Å²) in [6, 6.07) is 11.2. The van der Waals surface area contributed by atoms with Crippen molar-refractivity contribution in [3.8, 4) is 23.5 Å². The lowest BCUT2D eigenvalue weighted by Crippen LogP contribution is -2.48. The number of furan rings is 1. The second kappa shape index (κ2) is 8.93. The van der Waals surface area contributed by atoms with Gasteiger partial charge in [-0.15, -0.1) is 0 Å². The predicted octanol–water partition coefficient (Wildman–Crippen LogP) is 2.88. The number of anilines is 2. The standard InChI is InChI=1S/C22H23N5O4/c1-15-5-6-18(29-2)16(12-15)24-20(28)14-26-7-9-27(10-8-26)22-17(13-23)25-21(31-22)19-4-3-11-30-19/h3-6,11-12H,7-10,14H2,1-2H3,(H,24,28). The smallest absolute Gasteiger partial charge is 0.266 e. The van der Waals surface area contributed by atoms with Crippen molar-refractivity contribution < 1.29 is 18.4 Å². The fourth-order valence-corrected chi connectivity index (χ4v) is 3.53. The van der Waals surface area contributed by atoms with Crippen molar-refractivity contribution in [2.45, 2.75) is 6.92 Å². The quantitative estimate of drug-likeness (QED) is 0.647. The van der Waals surface area contributed by atoms with Gasteiger partial charge < -0.3 is 23.8 Å². The maximum Gasteiger partial charge on any atom is 0.266 e. The summed E-state index contributed by atoms with van der Waals surface area (Å²) in [5, 5.41) is 12.4. The van der Waals surface area contributed by atoms with Crippen LogP contribution in [0, 0.1) is 18.3 Å². The first-order chi connectivity index (χ1) is 15.1. The van der Waals surface area contributed by atoms with Crippen LogP contribution in [0.1, 0.15) is 11.3 Å². The molecule has 0 saturated carbocycles. The van der Waals surface area contributed by atoms with E-state index in [4.69, 9.17) is 13.6 Å². The Morgan fingerprint density at radius 1 is 1.29 bits per heavy atom. The van der Waals surface area contributed by atoms with Crippen molar-refractivity contribution in [3.05, 3.63) is 47.9 Å². The molecule has 31 heavy (non-hydrogen) atoms. The number of rotatable bonds is 6. The summed E-state index contributed by atoms with van der Waals surface area (Å²) in [4.78, 5) is 20.8. The number of aromatic nitrogens is 1. The van der Waals surface area contributed by atoms with E-state index in [9.17, 15) is 10.1 Å². The number of nitriles is 1. The first-order valence-electron chi connectivity index (χ1n) is 9.94. The minimum Gasteiger partial charge on any atom is -0.495 e. The molecule has 9 heteroatoms. The van der Waals surface area contributed by atoms with Crippen LogP contribution in [-0.4, -0.2) is 55.6 Å². The second-order valence-corrected chi connectivity index (χ2v) is 7.28. The van der Waals surface area contributed by atoms with Crippen molar-refractivity contribution in [1.29, 1.82) is 5.26 Å². The van der Waals surface area contributed by atoms with Crippen LogP contribution in [0.4, 0.5) is 11.6 Å². The molecule has 0 spiro atoms. The first-order valence-corrected chi connectivity index (χ1v) is 9.94. The van der Waals surface area contributed by atoms with Crippen molar-refractivity contribution in [1.82, 2.24) is 9.88 Å². The molecule has 1 fully saturated rings. The van der Waals surface area contributed by atoms with E-state index >= 15 is 0 Å². The number of amides is 1. The summed E-state index contributed by atoms with van der Waals surface area (Å²) in [5.74, 6) is 1.72. The van der Waals surface area contributed by atoms with Gasteiger partial charge in [0.2, 0.25) is 17.5 Å². The zero-order valence-corrected chi connectivity index (χ0v) is 17.4. The average molecular weight is 421 g/mol. The van der Waals surface area contributed by atoms with Gasteiger partial charge in [-0.25, -0.2) is 0 Å². The van der Waals surface area contributed by atoms with Gasteiger partial charge in [0.15, 0.2) is 5.76 Å². The number of methoxy groups -OCH3 is 1. The van der Waals surface area contributed by atoms with Gasteiger partial charge in [0, 0.05) is 26.2 Å². The van der Waals surface area contributed by atoms with Crippen LogP contribution in [0.15, 0.2) is 45.4 Å². The molecule has 0 unspecified atom stereocenters. The molecule has 1 aliphatic rings. The van der Waals surface area contributed by atoms with E-state index in [0.717, 1.165) is 5.56 Å². The van der Waals surface area contributed by atoms with Crippen LogP contribution in [-0.2, 0) is 4.79 Å². The molecule has 1 saturated heterocycles. The molecule has 4 rings (SSSR count). The molecule has 0 radical (unpaired) electrons. The number of oxazole rings is 1. The molecule has 9 nitrogen and oxygen atoms in total. The number of aryl methyl sites for hydroxylation is 1. The number of benzene rings is 1. The van der Waals surface area contributed by atoms with E-state index in [1.54, 1.807) is 19.2 Å². The minimum absolute atomic E-state index is 0.102. The van der Waals surface area contributed by atoms with Gasteiger partial charge in [0.05, 0.1) is 25.6 Å². The van der Waals surface area contributed by atoms with E-state index in [-0.39, 0.29) is 24.0 Å². The molecule has 1 amide bonds. The molecule has 0 atom stereocenters. The van der Waals surface area contributed by atoms with Crippen molar-refractivity contribution in [2.75, 3.05) is 50.1 Å². The molecule has 2 aromatic heterocycles. The molecule has 3 heterocycles. The Bertz CT molecular complexity index is 1090. The molecule has 0 aliphatic carbocycles. The number of ether oxygens (including phenoxy) is 1. The van der Waals surface area contributed by atoms with E-state index in [0.29, 0.717) is 49.3 Å². The lowest BCUT2D eigenvalue weighted by Gasteiger charge is -2.34. The third kappa shape index (κ3) is 4.54. The SMILES string of the molecule is COc1ccc(C)cc1NC(=O)CN1CCN(c2oc(-c3ccco3)nc2C#N)CC1. The fourth-order valence-electron chi connectivity index (χ4n) is 3.53. The van der Waals surface area contributed by atoms with E-state index in [2.05, 4.69) is 21.3 Å². The molecular weight excluding hydrogens is 398 g/mol. The van der Waals surface area contributed by atoms with Crippen LogP contribution in [0.3, 0.4) is 0 Å². The highest BCUT2D eigenvalue weighted by atomic mass is 16.5. The number of carbonyl (C=O) groups is 1. The zero-order valence-electron chi connectivity index (χ0n) is 17.4. The third-order valence-corrected chi connectivity index (χ3v) is 5.10. The maximum absolute atomic E-state index is 12.5. The van der Waals surface area contributed by atoms with Gasteiger partial charge in [-0.2, -0.15) is 10.2 Å². The van der Waals surface area contributed by atoms with E-state index in [1.165, 1.54) is 6.26 Å². The number of hydrogen-bond acceptors (Lipinski definition) is 8. The third-order valence-electron chi connectivity index (χ3n) is 5.10. The van der Waals surface area contributed by atoms with Crippen molar-refractivity contribution in [3.63, 3.8) is 0 Å². The highest BCUT2D eigenvalue weighted by Crippen LogP contribution is 2.29. The molecule has 3 aromatic rings. The minimum atomic E-state index is -0.102. The van der Waals surface area contributed by atoms with Gasteiger partial charge in [0.1, 0.15) is 11.8 Å². The predicted molar refractivity (Wildman–Crippen MR) is 114 cm³/mol. The normalized spacial score (nSPS) is 14.3. The summed E-state index contributed by atoms with van der Waals surface area (Å²) >= 11 is 0. The summed E-state index contributed by atoms with van der Waals surface area (Å²) in [6.07, 6.45) is 1.53. The molecule has 1 aliphatic heterocycles. The van der Waals surface area contributed by atoms with Crippen molar-refractivity contribution in [2.24, 2.45) is 0 Å². The molecule has 0 bridgehead atoms. The van der Waals surface area contributed by atoms with E-state index in [1.807, 2.05) is 30.0 Å². The Morgan fingerprint density at radius 2 is 2.10 bits per heavy atom. The first kappa shape index (κ1) is 20.5. The number of nitrogens with one attached hydrogen (secondary N) is 1. The van der Waals surface area contributed by atoms with Crippen LogP contribution < -0.4 is 15.0 Å². The van der Waals surface area contributed by atoms with Crippen LogP contribution >= 0.6 is 0 Å². The maximum atomic E-state index is 12.5. The Morgan fingerprint density at radius 3 is 2.77 bits per heavy atom. The summed E-state index contributed by atoms with van der Waals surface area (Å²) < 4.78 is 16.4. The lowest BCUT2D eigenvalue weighted by molar-refractivity contribution is -0.117. The number of hydrogen-bond donors (Lipinski definition) is 1. The Hall–Kier alpha value is -3.77. The largest absolute Gasteiger partial charge is 0.495 e. The van der Waals surface area contributed by atoms with Crippen LogP contribution in [0.2, 0.25) is 0 Å². The van der Waals surface area contributed by atoms with E-state index < -0.39 is 0 Å². The fraction of sp³-hybridized carbons (Fsp3) is 0.318. The topological polar surface area (TPSA) is 108 Å². The monoisotopic (exact) mass is 421 g/mol. The summed E-state index contributed by atoms with van der Waals surface area (Å²) in [6.45, 7) is 4.76. The molecule has 1 aromatic carbocycles. The van der Waals surface area contributed by atoms with Crippen LogP contribution in [0.5, 0.6) is 5.75 Å². The number of piperazine rings is 1. The molecule has 1 N–H and O–H groups in total. The summed E-state index contributed by atoms with van der Waals surface area (Å²) in [7, 11) is 1.58. The Balaban J connectivity index is 1.36. The van der Waals surface area contributed by atoms with Gasteiger partial charge in [-0.1, -0.05) is 6.07 Å². The number of carbonyl (C=O) groups excluding carboxylic acids is 1. The van der Waals surface area contributed by atoms with Gasteiger partial charge >= 0.3 is 0 Å². The van der Waals surface area contributed by atoms with Gasteiger partial charge in [-0.05, 0) is 36.8 Å². The Kier molecular flexibility index (Phi) is 5.91. The van der Waals surface area contributed by atoms with Gasteiger partial charge in [-0.3, -0.25) is 9.69 Å². The molecular formula is C22H23N5O4. The van der Waals surface area contributed by atoms with Gasteiger partial charge in [0.25, 0.3) is 5.89 Å².